The van der Waals surface area contributed by atoms with Gasteiger partial charge in [0.25, 0.3) is 0 Å². The first-order chi connectivity index (χ1) is 8.04. The van der Waals surface area contributed by atoms with Gasteiger partial charge in [0, 0.05) is 13.1 Å². The quantitative estimate of drug-likeness (QED) is 0.847. The smallest absolute Gasteiger partial charge is 0.319 e. The number of carbonyl (C=O) groups excluding carboxylic acids is 1. The van der Waals surface area contributed by atoms with E-state index in [1.807, 2.05) is 13.8 Å². The maximum Gasteiger partial charge on any atom is 0.319 e. The zero-order valence-electron chi connectivity index (χ0n) is 10.8. The number of rotatable bonds is 3. The molecule has 1 rings (SSSR count). The van der Waals surface area contributed by atoms with Crippen LogP contribution in [0, 0.1) is 13.8 Å². The van der Waals surface area contributed by atoms with Crippen molar-refractivity contribution >= 4 is 11.7 Å². The number of hydrogen-bond donors (Lipinski definition) is 2. The van der Waals surface area contributed by atoms with Crippen LogP contribution in [-0.2, 0) is 0 Å². The van der Waals surface area contributed by atoms with E-state index in [2.05, 4.69) is 10.6 Å². The molecule has 5 heteroatoms. The number of urea groups is 1. The Morgan fingerprint density at radius 3 is 2.29 bits per heavy atom. The zero-order valence-corrected chi connectivity index (χ0v) is 10.8. The van der Waals surface area contributed by atoms with E-state index in [0.717, 1.165) is 16.9 Å². The summed E-state index contributed by atoms with van der Waals surface area (Å²) in [7, 11) is 4.72. The first-order valence-corrected chi connectivity index (χ1v) is 5.26. The van der Waals surface area contributed by atoms with Gasteiger partial charge in [-0.05, 0) is 25.0 Å². The van der Waals surface area contributed by atoms with Crippen LogP contribution in [-0.4, -0.2) is 27.3 Å². The van der Waals surface area contributed by atoms with Gasteiger partial charge in [-0.1, -0.05) is 0 Å². The third-order valence-corrected chi connectivity index (χ3v) is 2.69. The summed E-state index contributed by atoms with van der Waals surface area (Å²) in [6.07, 6.45) is 0. The molecule has 0 aliphatic carbocycles. The molecule has 0 bridgehead atoms. The van der Waals surface area contributed by atoms with Crippen molar-refractivity contribution in [2.45, 2.75) is 13.8 Å². The Morgan fingerprint density at radius 2 is 1.82 bits per heavy atom. The zero-order chi connectivity index (χ0) is 13.0. The predicted molar refractivity (Wildman–Crippen MR) is 67.1 cm³/mol. The Labute approximate surface area is 101 Å². The lowest BCUT2D eigenvalue weighted by molar-refractivity contribution is 0.254. The summed E-state index contributed by atoms with van der Waals surface area (Å²) in [5.41, 5.74) is 2.52. The first-order valence-electron chi connectivity index (χ1n) is 5.26. The lowest BCUT2D eigenvalue weighted by atomic mass is 10.1. The van der Waals surface area contributed by atoms with Gasteiger partial charge in [0.2, 0.25) is 0 Å². The van der Waals surface area contributed by atoms with E-state index in [-0.39, 0.29) is 6.03 Å². The normalized spacial score (nSPS) is 9.71. The lowest BCUT2D eigenvalue weighted by Gasteiger charge is -2.17. The summed E-state index contributed by atoms with van der Waals surface area (Å²) in [6, 6.07) is 1.45. The summed E-state index contributed by atoms with van der Waals surface area (Å²) in [4.78, 5) is 11.3. The Hall–Kier alpha value is -1.91. The highest BCUT2D eigenvalue weighted by Crippen LogP contribution is 2.36. The van der Waals surface area contributed by atoms with Crippen molar-refractivity contribution in [3.05, 3.63) is 17.2 Å². The van der Waals surface area contributed by atoms with Gasteiger partial charge in [-0.3, -0.25) is 0 Å². The summed E-state index contributed by atoms with van der Waals surface area (Å²) in [5.74, 6) is 1.36. The third kappa shape index (κ3) is 2.61. The standard InChI is InChI=1S/C12H18N2O3/c1-7-8(2)11(17-5)9(6-10(7)16-4)14-12(15)13-3/h6H,1-5H3,(H2,13,14,15). The average Bonchev–Trinajstić information content (AvgIpc) is 2.33. The van der Waals surface area contributed by atoms with Crippen LogP contribution in [0.3, 0.4) is 0 Å². The van der Waals surface area contributed by atoms with E-state index in [0.29, 0.717) is 11.4 Å². The number of carbonyl (C=O) groups is 1. The van der Waals surface area contributed by atoms with Crippen molar-refractivity contribution in [1.82, 2.24) is 5.32 Å². The van der Waals surface area contributed by atoms with Crippen LogP contribution in [0.2, 0.25) is 0 Å². The van der Waals surface area contributed by atoms with E-state index in [1.165, 1.54) is 0 Å². The van der Waals surface area contributed by atoms with Gasteiger partial charge >= 0.3 is 6.03 Å². The van der Waals surface area contributed by atoms with Crippen molar-refractivity contribution in [1.29, 1.82) is 0 Å². The van der Waals surface area contributed by atoms with Crippen molar-refractivity contribution < 1.29 is 14.3 Å². The van der Waals surface area contributed by atoms with Crippen LogP contribution in [0.15, 0.2) is 6.07 Å². The summed E-state index contributed by atoms with van der Waals surface area (Å²) in [5, 5.41) is 5.19. The monoisotopic (exact) mass is 238 g/mol. The molecule has 0 saturated carbocycles. The van der Waals surface area contributed by atoms with Gasteiger partial charge in [0.1, 0.15) is 11.5 Å². The van der Waals surface area contributed by atoms with Crippen LogP contribution < -0.4 is 20.1 Å². The topological polar surface area (TPSA) is 59.6 Å². The Balaban J connectivity index is 3.27. The molecule has 0 aliphatic rings. The van der Waals surface area contributed by atoms with Gasteiger partial charge in [0.15, 0.2) is 0 Å². The molecule has 2 amide bonds. The minimum absolute atomic E-state index is 0.298. The number of methoxy groups -OCH3 is 2. The van der Waals surface area contributed by atoms with E-state index in [1.54, 1.807) is 27.3 Å². The molecule has 94 valence electrons. The van der Waals surface area contributed by atoms with Crippen LogP contribution in [0.5, 0.6) is 11.5 Å². The molecular formula is C12H18N2O3. The molecule has 0 fully saturated rings. The first kappa shape index (κ1) is 13.2. The van der Waals surface area contributed by atoms with E-state index >= 15 is 0 Å². The molecule has 0 saturated heterocycles. The second-order valence-corrected chi connectivity index (χ2v) is 3.61. The number of benzene rings is 1. The maximum absolute atomic E-state index is 11.3. The molecule has 2 N–H and O–H groups in total. The second kappa shape index (κ2) is 5.43. The summed E-state index contributed by atoms with van der Waals surface area (Å²) < 4.78 is 10.6. The van der Waals surface area contributed by atoms with Gasteiger partial charge in [-0.15, -0.1) is 0 Å². The maximum atomic E-state index is 11.3. The van der Waals surface area contributed by atoms with Gasteiger partial charge in [0.05, 0.1) is 19.9 Å². The van der Waals surface area contributed by atoms with Crippen LogP contribution in [0.4, 0.5) is 10.5 Å². The van der Waals surface area contributed by atoms with Crippen molar-refractivity contribution in [3.63, 3.8) is 0 Å². The van der Waals surface area contributed by atoms with Gasteiger partial charge < -0.3 is 20.1 Å². The molecule has 5 nitrogen and oxygen atoms in total. The number of amides is 2. The largest absolute Gasteiger partial charge is 0.496 e. The molecule has 1 aromatic rings. The predicted octanol–water partition coefficient (Wildman–Crippen LogP) is 2.07. The third-order valence-electron chi connectivity index (χ3n) is 2.69. The number of nitrogens with one attached hydrogen (secondary N) is 2. The number of anilines is 1. The van der Waals surface area contributed by atoms with Crippen molar-refractivity contribution in [2.24, 2.45) is 0 Å². The van der Waals surface area contributed by atoms with Gasteiger partial charge in [-0.25, -0.2) is 4.79 Å². The molecule has 0 spiro atoms. The Kier molecular flexibility index (Phi) is 4.20. The second-order valence-electron chi connectivity index (χ2n) is 3.61. The Bertz CT molecular complexity index is 430. The lowest BCUT2D eigenvalue weighted by Crippen LogP contribution is -2.24. The molecule has 0 atom stereocenters. The van der Waals surface area contributed by atoms with Crippen molar-refractivity contribution in [3.8, 4) is 11.5 Å². The molecule has 0 aromatic heterocycles. The number of hydrogen-bond acceptors (Lipinski definition) is 3. The SMILES string of the molecule is CNC(=O)Nc1cc(OC)c(C)c(C)c1OC. The van der Waals surface area contributed by atoms with Crippen LogP contribution in [0.25, 0.3) is 0 Å². The molecule has 0 aliphatic heterocycles. The molecule has 0 unspecified atom stereocenters. The molecule has 0 radical (unpaired) electrons. The molecule has 1 aromatic carbocycles. The highest BCUT2D eigenvalue weighted by molar-refractivity contribution is 5.91. The summed E-state index contributed by atoms with van der Waals surface area (Å²) >= 11 is 0. The molecular weight excluding hydrogens is 220 g/mol. The van der Waals surface area contributed by atoms with E-state index in [4.69, 9.17) is 9.47 Å². The van der Waals surface area contributed by atoms with E-state index < -0.39 is 0 Å². The average molecular weight is 238 g/mol. The fraction of sp³-hybridized carbons (Fsp3) is 0.417. The number of ether oxygens (including phenoxy) is 2. The Morgan fingerprint density at radius 1 is 1.18 bits per heavy atom. The molecule has 0 heterocycles. The fourth-order valence-corrected chi connectivity index (χ4v) is 1.61. The summed E-state index contributed by atoms with van der Waals surface area (Å²) in [6.45, 7) is 3.87. The van der Waals surface area contributed by atoms with E-state index in [9.17, 15) is 4.79 Å². The van der Waals surface area contributed by atoms with Crippen molar-refractivity contribution in [2.75, 3.05) is 26.6 Å². The highest BCUT2D eigenvalue weighted by Gasteiger charge is 2.15. The minimum Gasteiger partial charge on any atom is -0.496 e. The van der Waals surface area contributed by atoms with Crippen LogP contribution >= 0.6 is 0 Å². The highest BCUT2D eigenvalue weighted by atomic mass is 16.5. The molecule has 17 heavy (non-hydrogen) atoms. The van der Waals surface area contributed by atoms with Crippen LogP contribution in [0.1, 0.15) is 11.1 Å². The fourth-order valence-electron chi connectivity index (χ4n) is 1.61. The minimum atomic E-state index is -0.298. The van der Waals surface area contributed by atoms with Gasteiger partial charge in [-0.2, -0.15) is 0 Å².